The van der Waals surface area contributed by atoms with Gasteiger partial charge in [0.25, 0.3) is 0 Å². The Morgan fingerprint density at radius 3 is 2.36 bits per heavy atom. The topological polar surface area (TPSA) is 95.1 Å². The Kier molecular flexibility index (Phi) is 3.51. The molecule has 0 amide bonds. The number of nitrogens with two attached hydrogens (primary N) is 1. The zero-order chi connectivity index (χ0) is 15.7. The minimum absolute atomic E-state index is 0.00699. The van der Waals surface area contributed by atoms with E-state index in [2.05, 4.69) is 5.10 Å². The molecule has 0 unspecified atom stereocenters. The second-order valence-corrected chi connectivity index (χ2v) is 6.19. The van der Waals surface area contributed by atoms with Gasteiger partial charge in [-0.2, -0.15) is 13.5 Å². The average molecular weight is 315 g/mol. The van der Waals surface area contributed by atoms with Crippen molar-refractivity contribution in [2.24, 2.45) is 5.14 Å². The first-order chi connectivity index (χ1) is 10.5. The molecule has 0 bridgehead atoms. The Hall–Kier alpha value is -2.51. The summed E-state index contributed by atoms with van der Waals surface area (Å²) in [6.45, 7) is 0. The van der Waals surface area contributed by atoms with Crippen molar-refractivity contribution < 1.29 is 13.2 Å². The molecule has 0 radical (unpaired) electrons. The van der Waals surface area contributed by atoms with Gasteiger partial charge in [0.1, 0.15) is 0 Å². The first-order valence-corrected chi connectivity index (χ1v) is 8.05. The van der Waals surface area contributed by atoms with Gasteiger partial charge in [0.15, 0.2) is 5.78 Å². The molecule has 2 N–H and O–H groups in total. The zero-order valence-electron chi connectivity index (χ0n) is 11.5. The number of nitrogens with zero attached hydrogens (tertiary/aromatic N) is 2. The molecule has 0 saturated heterocycles. The molecule has 3 aromatic rings. The van der Waals surface area contributed by atoms with Crippen molar-refractivity contribution in [3.63, 3.8) is 0 Å². The van der Waals surface area contributed by atoms with E-state index in [4.69, 9.17) is 5.14 Å². The lowest BCUT2D eigenvalue weighted by atomic mass is 10.0. The molecule has 0 fully saturated rings. The van der Waals surface area contributed by atoms with E-state index < -0.39 is 10.2 Å². The summed E-state index contributed by atoms with van der Waals surface area (Å²) >= 11 is 0. The van der Waals surface area contributed by atoms with E-state index in [9.17, 15) is 13.2 Å². The predicted octanol–water partition coefficient (Wildman–Crippen LogP) is 1.51. The summed E-state index contributed by atoms with van der Waals surface area (Å²) in [5.74, 6) is -0.134. The van der Waals surface area contributed by atoms with Crippen LogP contribution in [0.1, 0.15) is 16.1 Å². The summed E-state index contributed by atoms with van der Waals surface area (Å²) < 4.78 is 24.0. The van der Waals surface area contributed by atoms with Crippen molar-refractivity contribution in [3.05, 3.63) is 65.9 Å². The summed E-state index contributed by atoms with van der Waals surface area (Å²) in [5.41, 5.74) is 1.30. The van der Waals surface area contributed by atoms with Crippen LogP contribution in [0.4, 0.5) is 0 Å². The molecule has 1 aromatic heterocycles. The smallest absolute Gasteiger partial charge is 0.294 e. The largest absolute Gasteiger partial charge is 0.318 e. The summed E-state index contributed by atoms with van der Waals surface area (Å²) in [6.07, 6.45) is 0.00699. The number of para-hydroxylation sites is 1. The molecule has 0 aliphatic carbocycles. The summed E-state index contributed by atoms with van der Waals surface area (Å²) in [7, 11) is -4.01. The highest BCUT2D eigenvalue weighted by atomic mass is 32.2. The Morgan fingerprint density at radius 2 is 1.68 bits per heavy atom. The number of hydrogen-bond donors (Lipinski definition) is 1. The van der Waals surface area contributed by atoms with Gasteiger partial charge in [-0.25, -0.2) is 5.14 Å². The van der Waals surface area contributed by atoms with Crippen LogP contribution in [0.2, 0.25) is 0 Å². The summed E-state index contributed by atoms with van der Waals surface area (Å²) in [6, 6.07) is 15.6. The van der Waals surface area contributed by atoms with Crippen LogP contribution in [0.25, 0.3) is 10.9 Å². The Morgan fingerprint density at radius 1 is 1.05 bits per heavy atom. The molecule has 6 nitrogen and oxygen atoms in total. The highest BCUT2D eigenvalue weighted by Gasteiger charge is 2.19. The molecule has 2 aromatic carbocycles. The minimum atomic E-state index is -4.01. The quantitative estimate of drug-likeness (QED) is 0.738. The van der Waals surface area contributed by atoms with Crippen LogP contribution in [-0.2, 0) is 16.6 Å². The molecule has 0 atom stereocenters. The number of rotatable bonds is 4. The van der Waals surface area contributed by atoms with Gasteiger partial charge in [-0.3, -0.25) is 4.79 Å². The Bertz CT molecular complexity index is 947. The minimum Gasteiger partial charge on any atom is -0.294 e. The van der Waals surface area contributed by atoms with Gasteiger partial charge in [0, 0.05) is 10.9 Å². The molecule has 0 aliphatic heterocycles. The third-order valence-electron chi connectivity index (χ3n) is 3.30. The van der Waals surface area contributed by atoms with Gasteiger partial charge in [-0.15, -0.1) is 4.09 Å². The van der Waals surface area contributed by atoms with Crippen molar-refractivity contribution >= 4 is 26.9 Å². The van der Waals surface area contributed by atoms with E-state index in [0.717, 1.165) is 4.09 Å². The number of Topliss-reactive ketones (excluding diaryl/α,β-unsaturated/α-hetero) is 1. The SMILES string of the molecule is NS(=O)(=O)n1nc(CC(=O)c2ccccc2)c2ccccc21. The normalized spacial score (nSPS) is 11.7. The third-order valence-corrected chi connectivity index (χ3v) is 4.06. The lowest BCUT2D eigenvalue weighted by Crippen LogP contribution is -2.23. The van der Waals surface area contributed by atoms with Crippen molar-refractivity contribution in [2.75, 3.05) is 0 Å². The molecule has 1 heterocycles. The van der Waals surface area contributed by atoms with Gasteiger partial charge in [-0.1, -0.05) is 48.5 Å². The highest BCUT2D eigenvalue weighted by molar-refractivity contribution is 7.87. The number of fused-ring (bicyclic) bond motifs is 1. The van der Waals surface area contributed by atoms with E-state index in [-0.39, 0.29) is 12.2 Å². The van der Waals surface area contributed by atoms with Gasteiger partial charge in [0.2, 0.25) is 0 Å². The molecule has 22 heavy (non-hydrogen) atoms. The van der Waals surface area contributed by atoms with Crippen LogP contribution in [0, 0.1) is 0 Å². The molecule has 0 aliphatic rings. The van der Waals surface area contributed by atoms with Crippen LogP contribution < -0.4 is 5.14 Å². The van der Waals surface area contributed by atoms with E-state index in [1.807, 2.05) is 6.07 Å². The lowest BCUT2D eigenvalue weighted by Gasteiger charge is -1.99. The van der Waals surface area contributed by atoms with E-state index in [0.29, 0.717) is 22.2 Å². The fourth-order valence-electron chi connectivity index (χ4n) is 2.30. The fourth-order valence-corrected chi connectivity index (χ4v) is 2.95. The van der Waals surface area contributed by atoms with Gasteiger partial charge in [0.05, 0.1) is 17.6 Å². The third kappa shape index (κ3) is 2.63. The van der Waals surface area contributed by atoms with E-state index >= 15 is 0 Å². The Labute approximate surface area is 127 Å². The summed E-state index contributed by atoms with van der Waals surface area (Å²) in [4.78, 5) is 12.3. The monoisotopic (exact) mass is 315 g/mol. The van der Waals surface area contributed by atoms with E-state index in [1.54, 1.807) is 48.5 Å². The number of aromatic nitrogens is 2. The zero-order valence-corrected chi connectivity index (χ0v) is 12.3. The van der Waals surface area contributed by atoms with Gasteiger partial charge in [-0.05, 0) is 6.07 Å². The molecule has 0 spiro atoms. The number of carbonyl (C=O) groups excluding carboxylic acids is 1. The predicted molar refractivity (Wildman–Crippen MR) is 82.7 cm³/mol. The van der Waals surface area contributed by atoms with Crippen molar-refractivity contribution in [1.82, 2.24) is 9.19 Å². The van der Waals surface area contributed by atoms with Gasteiger partial charge < -0.3 is 0 Å². The van der Waals surface area contributed by atoms with Gasteiger partial charge >= 0.3 is 10.2 Å². The maximum Gasteiger partial charge on any atom is 0.318 e. The van der Waals surface area contributed by atoms with Crippen LogP contribution >= 0.6 is 0 Å². The highest BCUT2D eigenvalue weighted by Crippen LogP contribution is 2.20. The maximum atomic E-state index is 12.3. The second kappa shape index (κ2) is 5.36. The first-order valence-electron chi connectivity index (χ1n) is 6.55. The molecular formula is C15H13N3O3S. The molecule has 0 saturated carbocycles. The van der Waals surface area contributed by atoms with Crippen LogP contribution in [0.5, 0.6) is 0 Å². The fraction of sp³-hybridized carbons (Fsp3) is 0.0667. The van der Waals surface area contributed by atoms with Crippen LogP contribution in [0.15, 0.2) is 54.6 Å². The maximum absolute atomic E-state index is 12.3. The standard InChI is InChI=1S/C15H13N3O3S/c16-22(20,21)18-14-9-5-4-8-12(14)13(17-18)10-15(19)11-6-2-1-3-7-11/h1-9H,10H2,(H2,16,20,21). The average Bonchev–Trinajstić information content (AvgIpc) is 2.87. The molecular weight excluding hydrogens is 302 g/mol. The van der Waals surface area contributed by atoms with Crippen LogP contribution in [0.3, 0.4) is 0 Å². The first kappa shape index (κ1) is 14.4. The molecule has 112 valence electrons. The number of hydrogen-bond acceptors (Lipinski definition) is 4. The summed E-state index contributed by atoms with van der Waals surface area (Å²) in [5, 5.41) is 9.77. The van der Waals surface area contributed by atoms with Crippen molar-refractivity contribution in [1.29, 1.82) is 0 Å². The number of carbonyl (C=O) groups is 1. The lowest BCUT2D eigenvalue weighted by molar-refractivity contribution is 0.0992. The van der Waals surface area contributed by atoms with E-state index in [1.165, 1.54) is 0 Å². The van der Waals surface area contributed by atoms with Crippen molar-refractivity contribution in [3.8, 4) is 0 Å². The molecule has 7 heteroatoms. The van der Waals surface area contributed by atoms with Crippen molar-refractivity contribution in [2.45, 2.75) is 6.42 Å². The number of benzene rings is 2. The second-order valence-electron chi connectivity index (χ2n) is 4.82. The van der Waals surface area contributed by atoms with Crippen LogP contribution in [-0.4, -0.2) is 23.4 Å². The number of ketones is 1. The molecule has 3 rings (SSSR count). The Balaban J connectivity index is 2.07.